The van der Waals surface area contributed by atoms with Gasteiger partial charge in [0.1, 0.15) is 0 Å². The Morgan fingerprint density at radius 1 is 1.21 bits per heavy atom. The summed E-state index contributed by atoms with van der Waals surface area (Å²) in [5.41, 5.74) is 4.33. The van der Waals surface area contributed by atoms with Gasteiger partial charge < -0.3 is 5.32 Å². The number of aryl methyl sites for hydroxylation is 2. The third-order valence-electron chi connectivity index (χ3n) is 3.68. The van der Waals surface area contributed by atoms with Crippen molar-refractivity contribution in [3.05, 3.63) is 34.9 Å². The highest BCUT2D eigenvalue weighted by molar-refractivity contribution is 5.34. The fourth-order valence-corrected chi connectivity index (χ4v) is 2.77. The van der Waals surface area contributed by atoms with Crippen LogP contribution in [0.25, 0.3) is 0 Å². The monoisotopic (exact) mass is 187 g/mol. The standard InChI is InChI=1S/C13H17N/c1-8-3-4-11(9(2)5-8)13-7-10-6-12(10)14-13/h3-5,10,12-14H,6-7H2,1-2H3/t10-,12?,13?/m0/s1. The molecular weight excluding hydrogens is 170 g/mol. The van der Waals surface area contributed by atoms with Crippen molar-refractivity contribution in [1.29, 1.82) is 0 Å². The van der Waals surface area contributed by atoms with Crippen LogP contribution in [0, 0.1) is 19.8 Å². The molecule has 1 aromatic rings. The zero-order chi connectivity index (χ0) is 9.71. The van der Waals surface area contributed by atoms with E-state index in [0.717, 1.165) is 12.0 Å². The fourth-order valence-electron chi connectivity index (χ4n) is 2.77. The van der Waals surface area contributed by atoms with Crippen LogP contribution in [0.4, 0.5) is 0 Å². The molecule has 1 heterocycles. The summed E-state index contributed by atoms with van der Waals surface area (Å²) < 4.78 is 0. The molecule has 2 aliphatic rings. The van der Waals surface area contributed by atoms with Gasteiger partial charge in [0, 0.05) is 12.1 Å². The van der Waals surface area contributed by atoms with Crippen molar-refractivity contribution in [3.63, 3.8) is 0 Å². The molecule has 74 valence electrons. The molecule has 1 heteroatoms. The second kappa shape index (κ2) is 2.83. The van der Waals surface area contributed by atoms with Gasteiger partial charge in [-0.2, -0.15) is 0 Å². The van der Waals surface area contributed by atoms with Crippen molar-refractivity contribution in [1.82, 2.24) is 5.32 Å². The van der Waals surface area contributed by atoms with E-state index in [-0.39, 0.29) is 0 Å². The first-order chi connectivity index (χ1) is 6.74. The largest absolute Gasteiger partial charge is 0.307 e. The Kier molecular flexibility index (Phi) is 1.72. The number of hydrogen-bond acceptors (Lipinski definition) is 1. The Labute approximate surface area is 85.5 Å². The molecule has 3 rings (SSSR count). The van der Waals surface area contributed by atoms with Gasteiger partial charge in [0.2, 0.25) is 0 Å². The molecule has 1 nitrogen and oxygen atoms in total. The number of nitrogens with one attached hydrogen (secondary N) is 1. The molecule has 14 heavy (non-hydrogen) atoms. The summed E-state index contributed by atoms with van der Waals surface area (Å²) in [6, 6.07) is 8.31. The maximum Gasteiger partial charge on any atom is 0.0328 e. The van der Waals surface area contributed by atoms with Crippen LogP contribution in [0.15, 0.2) is 18.2 Å². The van der Waals surface area contributed by atoms with Gasteiger partial charge in [-0.3, -0.25) is 0 Å². The van der Waals surface area contributed by atoms with Gasteiger partial charge in [0.25, 0.3) is 0 Å². The second-order valence-corrected chi connectivity index (χ2v) is 4.92. The first kappa shape index (κ1) is 8.49. The van der Waals surface area contributed by atoms with Crippen molar-refractivity contribution >= 4 is 0 Å². The zero-order valence-corrected chi connectivity index (χ0v) is 8.88. The van der Waals surface area contributed by atoms with Crippen molar-refractivity contribution in [2.75, 3.05) is 0 Å². The van der Waals surface area contributed by atoms with Crippen LogP contribution < -0.4 is 5.32 Å². The van der Waals surface area contributed by atoms with Crippen LogP contribution >= 0.6 is 0 Å². The molecule has 0 amide bonds. The van der Waals surface area contributed by atoms with E-state index in [0.29, 0.717) is 6.04 Å². The van der Waals surface area contributed by atoms with Gasteiger partial charge in [0.15, 0.2) is 0 Å². The number of rotatable bonds is 1. The van der Waals surface area contributed by atoms with E-state index in [4.69, 9.17) is 0 Å². The minimum Gasteiger partial charge on any atom is -0.307 e. The van der Waals surface area contributed by atoms with E-state index < -0.39 is 0 Å². The topological polar surface area (TPSA) is 12.0 Å². The third-order valence-corrected chi connectivity index (χ3v) is 3.68. The van der Waals surface area contributed by atoms with Gasteiger partial charge in [-0.1, -0.05) is 23.8 Å². The normalized spacial score (nSPS) is 34.3. The lowest BCUT2D eigenvalue weighted by Crippen LogP contribution is -2.18. The number of benzene rings is 1. The van der Waals surface area contributed by atoms with E-state index in [1.54, 1.807) is 0 Å². The van der Waals surface area contributed by atoms with Crippen LogP contribution in [-0.4, -0.2) is 6.04 Å². The molecule has 1 aliphatic carbocycles. The predicted octanol–water partition coefficient (Wildman–Crippen LogP) is 2.73. The summed E-state index contributed by atoms with van der Waals surface area (Å²) in [4.78, 5) is 0. The maximum absolute atomic E-state index is 3.70. The SMILES string of the molecule is Cc1ccc(C2C[C@@H]3CC3N2)c(C)c1. The minimum atomic E-state index is 0.638. The molecule has 0 aromatic heterocycles. The average Bonchev–Trinajstić information content (AvgIpc) is 2.74. The average molecular weight is 187 g/mol. The van der Waals surface area contributed by atoms with Crippen LogP contribution in [-0.2, 0) is 0 Å². The quantitative estimate of drug-likeness (QED) is 0.713. The maximum atomic E-state index is 3.70. The van der Waals surface area contributed by atoms with Crippen LogP contribution in [0.5, 0.6) is 0 Å². The van der Waals surface area contributed by atoms with E-state index in [2.05, 4.69) is 37.4 Å². The Bertz CT molecular complexity index is 359. The van der Waals surface area contributed by atoms with Gasteiger partial charge in [-0.25, -0.2) is 0 Å². The first-order valence-electron chi connectivity index (χ1n) is 5.57. The van der Waals surface area contributed by atoms with Crippen LogP contribution in [0.1, 0.15) is 35.6 Å². The van der Waals surface area contributed by atoms with Gasteiger partial charge in [-0.05, 0) is 43.7 Å². The minimum absolute atomic E-state index is 0.638. The summed E-state index contributed by atoms with van der Waals surface area (Å²) in [7, 11) is 0. The Morgan fingerprint density at radius 3 is 2.71 bits per heavy atom. The van der Waals surface area contributed by atoms with E-state index in [1.807, 2.05) is 0 Å². The fraction of sp³-hybridized carbons (Fsp3) is 0.538. The van der Waals surface area contributed by atoms with Crippen LogP contribution in [0.2, 0.25) is 0 Å². The summed E-state index contributed by atoms with van der Waals surface area (Å²) >= 11 is 0. The highest BCUT2D eigenvalue weighted by atomic mass is 15.1. The Hall–Kier alpha value is -0.820. The number of fused-ring (bicyclic) bond motifs is 1. The van der Waals surface area contributed by atoms with Crippen LogP contribution in [0.3, 0.4) is 0 Å². The first-order valence-corrected chi connectivity index (χ1v) is 5.57. The van der Waals surface area contributed by atoms with Crippen molar-refractivity contribution < 1.29 is 0 Å². The molecule has 0 bridgehead atoms. The Balaban J connectivity index is 1.88. The summed E-state index contributed by atoms with van der Waals surface area (Å²) in [5.74, 6) is 0.987. The predicted molar refractivity (Wildman–Crippen MR) is 58.3 cm³/mol. The molecule has 1 saturated heterocycles. The molecule has 0 radical (unpaired) electrons. The van der Waals surface area contributed by atoms with E-state index in [1.165, 1.54) is 29.5 Å². The number of hydrogen-bond donors (Lipinski definition) is 1. The zero-order valence-electron chi connectivity index (χ0n) is 8.88. The second-order valence-electron chi connectivity index (χ2n) is 4.92. The van der Waals surface area contributed by atoms with E-state index in [9.17, 15) is 0 Å². The smallest absolute Gasteiger partial charge is 0.0328 e. The molecule has 1 aromatic carbocycles. The molecule has 2 fully saturated rings. The highest BCUT2D eigenvalue weighted by Gasteiger charge is 2.46. The van der Waals surface area contributed by atoms with Crippen molar-refractivity contribution in [3.8, 4) is 0 Å². The molecular formula is C13H17N. The lowest BCUT2D eigenvalue weighted by molar-refractivity contribution is 0.565. The summed E-state index contributed by atoms with van der Waals surface area (Å²) in [6.07, 6.45) is 2.77. The van der Waals surface area contributed by atoms with Gasteiger partial charge in [0.05, 0.1) is 0 Å². The number of piperidine rings is 1. The molecule has 1 N–H and O–H groups in total. The van der Waals surface area contributed by atoms with Crippen molar-refractivity contribution in [2.45, 2.75) is 38.8 Å². The molecule has 1 saturated carbocycles. The summed E-state index contributed by atoms with van der Waals surface area (Å²) in [6.45, 7) is 4.39. The third kappa shape index (κ3) is 1.27. The summed E-state index contributed by atoms with van der Waals surface area (Å²) in [5, 5.41) is 3.70. The molecule has 3 atom stereocenters. The lowest BCUT2D eigenvalue weighted by Gasteiger charge is -2.16. The van der Waals surface area contributed by atoms with Gasteiger partial charge >= 0.3 is 0 Å². The molecule has 2 unspecified atom stereocenters. The molecule has 1 aliphatic heterocycles. The highest BCUT2D eigenvalue weighted by Crippen LogP contribution is 2.46. The van der Waals surface area contributed by atoms with E-state index >= 15 is 0 Å². The Morgan fingerprint density at radius 2 is 2.07 bits per heavy atom. The van der Waals surface area contributed by atoms with Crippen molar-refractivity contribution in [2.24, 2.45) is 5.92 Å². The lowest BCUT2D eigenvalue weighted by atomic mass is 9.97. The molecule has 0 spiro atoms. The van der Waals surface area contributed by atoms with Gasteiger partial charge in [-0.15, -0.1) is 0 Å².